The largest absolute Gasteiger partial charge is 0.317 e. The van der Waals surface area contributed by atoms with E-state index in [1.54, 1.807) is 29.8 Å². The summed E-state index contributed by atoms with van der Waals surface area (Å²) < 4.78 is 16.1. The molecule has 0 atom stereocenters. The number of carbonyl (C=O) groups is 1. The van der Waals surface area contributed by atoms with Gasteiger partial charge in [-0.3, -0.25) is 14.6 Å². The molecule has 2 aromatic heterocycles. The van der Waals surface area contributed by atoms with Crippen molar-refractivity contribution in [3.05, 3.63) is 63.4 Å². The second kappa shape index (κ2) is 6.56. The fourth-order valence-corrected chi connectivity index (χ4v) is 2.80. The van der Waals surface area contributed by atoms with E-state index in [2.05, 4.69) is 36.5 Å². The van der Waals surface area contributed by atoms with Crippen LogP contribution in [0.4, 0.5) is 10.1 Å². The molecule has 0 bridgehead atoms. The molecule has 3 rings (SSSR count). The number of nitrogens with zero attached hydrogens (tertiary/aromatic N) is 3. The molecule has 2 heterocycles. The summed E-state index contributed by atoms with van der Waals surface area (Å²) in [5, 5.41) is 13.7. The summed E-state index contributed by atoms with van der Waals surface area (Å²) in [7, 11) is 0. The number of aromatic amines is 1. The zero-order valence-corrected chi connectivity index (χ0v) is 14.7. The number of H-pyrrole nitrogens is 1. The van der Waals surface area contributed by atoms with Crippen LogP contribution in [-0.4, -0.2) is 25.9 Å². The Morgan fingerprint density at radius 3 is 2.79 bits per heavy atom. The van der Waals surface area contributed by atoms with E-state index in [0.29, 0.717) is 33.7 Å². The summed E-state index contributed by atoms with van der Waals surface area (Å²) in [6, 6.07) is 6.56. The van der Waals surface area contributed by atoms with Crippen molar-refractivity contribution in [3.8, 4) is 0 Å². The number of halogens is 2. The van der Waals surface area contributed by atoms with Crippen LogP contribution in [0.15, 0.2) is 34.9 Å². The van der Waals surface area contributed by atoms with Crippen LogP contribution in [0, 0.1) is 19.7 Å². The van der Waals surface area contributed by atoms with E-state index in [-0.39, 0.29) is 11.7 Å². The molecule has 0 radical (unpaired) electrons. The van der Waals surface area contributed by atoms with Crippen LogP contribution in [0.3, 0.4) is 0 Å². The minimum absolute atomic E-state index is 0.281. The molecular weight excluding hydrogens is 377 g/mol. The summed E-state index contributed by atoms with van der Waals surface area (Å²) in [5.74, 6) is -0.604. The number of nitrogens with one attached hydrogen (secondary N) is 2. The molecule has 8 heteroatoms. The highest BCUT2D eigenvalue weighted by atomic mass is 79.9. The molecule has 0 saturated heterocycles. The maximum atomic E-state index is 13.8. The van der Waals surface area contributed by atoms with Gasteiger partial charge in [-0.05, 0) is 35.8 Å². The van der Waals surface area contributed by atoms with Gasteiger partial charge in [-0.2, -0.15) is 10.2 Å². The lowest BCUT2D eigenvalue weighted by Gasteiger charge is -2.07. The van der Waals surface area contributed by atoms with Crippen LogP contribution < -0.4 is 5.32 Å². The van der Waals surface area contributed by atoms with Gasteiger partial charge in [0.15, 0.2) is 0 Å². The third kappa shape index (κ3) is 3.09. The van der Waals surface area contributed by atoms with Crippen molar-refractivity contribution in [3.63, 3.8) is 0 Å². The molecule has 1 aromatic carbocycles. The van der Waals surface area contributed by atoms with E-state index in [1.165, 1.54) is 12.3 Å². The fraction of sp³-hybridized carbons (Fsp3) is 0.188. The first-order chi connectivity index (χ1) is 11.5. The predicted molar refractivity (Wildman–Crippen MR) is 91.4 cm³/mol. The number of aromatic nitrogens is 4. The second-order valence-corrected chi connectivity index (χ2v) is 6.20. The van der Waals surface area contributed by atoms with Crippen LogP contribution in [0.2, 0.25) is 0 Å². The highest BCUT2D eigenvalue weighted by Gasteiger charge is 2.18. The van der Waals surface area contributed by atoms with Gasteiger partial charge >= 0.3 is 0 Å². The summed E-state index contributed by atoms with van der Waals surface area (Å²) in [4.78, 5) is 12.3. The molecule has 0 unspecified atom stereocenters. The first-order valence-corrected chi connectivity index (χ1v) is 8.04. The number of carbonyl (C=O) groups excluding carboxylic acids is 1. The zero-order valence-electron chi connectivity index (χ0n) is 13.1. The van der Waals surface area contributed by atoms with Gasteiger partial charge in [-0.1, -0.05) is 18.2 Å². The number of amides is 1. The van der Waals surface area contributed by atoms with Crippen molar-refractivity contribution in [1.29, 1.82) is 0 Å². The first kappa shape index (κ1) is 16.4. The third-order valence-electron chi connectivity index (χ3n) is 3.72. The third-order valence-corrected chi connectivity index (χ3v) is 4.32. The summed E-state index contributed by atoms with van der Waals surface area (Å²) in [5.41, 5.74) is 2.89. The van der Waals surface area contributed by atoms with Crippen LogP contribution >= 0.6 is 15.9 Å². The van der Waals surface area contributed by atoms with Crippen molar-refractivity contribution in [2.45, 2.75) is 20.4 Å². The number of hydrogen-bond acceptors (Lipinski definition) is 3. The maximum absolute atomic E-state index is 13.8. The fourth-order valence-electron chi connectivity index (χ4n) is 2.43. The molecule has 6 nitrogen and oxygen atoms in total. The summed E-state index contributed by atoms with van der Waals surface area (Å²) in [6.07, 6.45) is 1.51. The molecule has 1 amide bonds. The van der Waals surface area contributed by atoms with Gasteiger partial charge in [0.1, 0.15) is 11.5 Å². The second-order valence-electron chi connectivity index (χ2n) is 5.34. The van der Waals surface area contributed by atoms with E-state index >= 15 is 0 Å². The van der Waals surface area contributed by atoms with E-state index in [4.69, 9.17) is 0 Å². The SMILES string of the molecule is Cc1nn(Cc2ccccc2F)c(C)c1NC(=O)c1[nH]ncc1Br. The number of aryl methyl sites for hydroxylation is 1. The van der Waals surface area contributed by atoms with Gasteiger partial charge in [0, 0.05) is 5.56 Å². The molecule has 3 aromatic rings. The van der Waals surface area contributed by atoms with Gasteiger partial charge in [-0.15, -0.1) is 0 Å². The van der Waals surface area contributed by atoms with Gasteiger partial charge in [0.25, 0.3) is 5.91 Å². The van der Waals surface area contributed by atoms with Crippen molar-refractivity contribution in [1.82, 2.24) is 20.0 Å². The van der Waals surface area contributed by atoms with Crippen LogP contribution in [-0.2, 0) is 6.54 Å². The molecule has 24 heavy (non-hydrogen) atoms. The lowest BCUT2D eigenvalue weighted by molar-refractivity contribution is 0.102. The lowest BCUT2D eigenvalue weighted by Crippen LogP contribution is -2.14. The molecular formula is C16H15BrFN5O. The van der Waals surface area contributed by atoms with Crippen molar-refractivity contribution < 1.29 is 9.18 Å². The zero-order chi connectivity index (χ0) is 17.3. The van der Waals surface area contributed by atoms with Crippen LogP contribution in [0.1, 0.15) is 27.4 Å². The van der Waals surface area contributed by atoms with Crippen molar-refractivity contribution >= 4 is 27.5 Å². The Balaban J connectivity index is 1.86. The number of hydrogen-bond donors (Lipinski definition) is 2. The average molecular weight is 392 g/mol. The molecule has 0 fully saturated rings. The highest BCUT2D eigenvalue weighted by molar-refractivity contribution is 9.10. The Kier molecular flexibility index (Phi) is 4.48. The Morgan fingerprint density at radius 1 is 1.38 bits per heavy atom. The number of rotatable bonds is 4. The smallest absolute Gasteiger partial charge is 0.274 e. The van der Waals surface area contributed by atoms with Gasteiger partial charge in [0.2, 0.25) is 0 Å². The predicted octanol–water partition coefficient (Wildman–Crippen LogP) is 3.43. The molecule has 0 saturated carbocycles. The van der Waals surface area contributed by atoms with Crippen LogP contribution in [0.5, 0.6) is 0 Å². The van der Waals surface area contributed by atoms with Gasteiger partial charge in [0.05, 0.1) is 34.3 Å². The molecule has 0 aliphatic rings. The number of anilines is 1. The Labute approximate surface area is 146 Å². The van der Waals surface area contributed by atoms with Gasteiger partial charge < -0.3 is 5.32 Å². The standard InChI is InChI=1S/C16H15BrFN5O/c1-9-14(20-16(24)15-12(17)7-19-21-15)10(2)23(22-9)8-11-5-3-4-6-13(11)18/h3-7H,8H2,1-2H3,(H,19,21)(H,20,24). The average Bonchev–Trinajstić information content (AvgIpc) is 3.08. The van der Waals surface area contributed by atoms with E-state index in [9.17, 15) is 9.18 Å². The van der Waals surface area contributed by atoms with E-state index in [1.807, 2.05) is 6.92 Å². The monoisotopic (exact) mass is 391 g/mol. The van der Waals surface area contributed by atoms with E-state index < -0.39 is 0 Å². The van der Waals surface area contributed by atoms with Crippen molar-refractivity contribution in [2.75, 3.05) is 5.32 Å². The molecule has 0 aliphatic carbocycles. The minimum atomic E-state index is -0.323. The number of benzene rings is 1. The van der Waals surface area contributed by atoms with Crippen molar-refractivity contribution in [2.24, 2.45) is 0 Å². The molecule has 2 N–H and O–H groups in total. The summed E-state index contributed by atoms with van der Waals surface area (Å²) in [6.45, 7) is 3.92. The molecule has 124 valence electrons. The Morgan fingerprint density at radius 2 is 2.12 bits per heavy atom. The normalized spacial score (nSPS) is 10.8. The van der Waals surface area contributed by atoms with E-state index in [0.717, 1.165) is 5.69 Å². The van der Waals surface area contributed by atoms with Gasteiger partial charge in [-0.25, -0.2) is 4.39 Å². The minimum Gasteiger partial charge on any atom is -0.317 e. The van der Waals surface area contributed by atoms with Crippen LogP contribution in [0.25, 0.3) is 0 Å². The first-order valence-electron chi connectivity index (χ1n) is 7.25. The summed E-state index contributed by atoms with van der Waals surface area (Å²) >= 11 is 3.26. The Hall–Kier alpha value is -2.48. The molecule has 0 spiro atoms. The maximum Gasteiger partial charge on any atom is 0.274 e. The topological polar surface area (TPSA) is 75.6 Å². The molecule has 0 aliphatic heterocycles. The highest BCUT2D eigenvalue weighted by Crippen LogP contribution is 2.23. The quantitative estimate of drug-likeness (QED) is 0.715. The Bertz CT molecular complexity index is 902. The lowest BCUT2D eigenvalue weighted by atomic mass is 10.2.